The van der Waals surface area contributed by atoms with Crippen LogP contribution in [0.25, 0.3) is 0 Å². The minimum atomic E-state index is 0.102. The molecule has 0 unspecified atom stereocenters. The largest absolute Gasteiger partial charge is 0.355 e. The van der Waals surface area contributed by atoms with Crippen LogP contribution in [0.4, 0.5) is 0 Å². The maximum atomic E-state index is 11.3. The number of rotatable bonds is 7. The summed E-state index contributed by atoms with van der Waals surface area (Å²) in [5, 5.41) is 5.94. The molecule has 1 fully saturated rings. The Labute approximate surface area is 105 Å². The molecule has 5 heteroatoms. The van der Waals surface area contributed by atoms with E-state index in [1.165, 1.54) is 0 Å². The van der Waals surface area contributed by atoms with Gasteiger partial charge in [0.05, 0.1) is 6.54 Å². The molecule has 0 aromatic heterocycles. The molecule has 1 aliphatic heterocycles. The van der Waals surface area contributed by atoms with Gasteiger partial charge in [0, 0.05) is 32.7 Å². The van der Waals surface area contributed by atoms with Crippen molar-refractivity contribution in [2.24, 2.45) is 0 Å². The van der Waals surface area contributed by atoms with Crippen LogP contribution in [0.2, 0.25) is 0 Å². The van der Waals surface area contributed by atoms with Crippen molar-refractivity contribution in [1.82, 2.24) is 20.4 Å². The van der Waals surface area contributed by atoms with Gasteiger partial charge in [0.2, 0.25) is 5.91 Å². The number of nitrogens with zero attached hydrogens (tertiary/aromatic N) is 2. The zero-order valence-corrected chi connectivity index (χ0v) is 11.2. The Hall–Kier alpha value is -0.650. The van der Waals surface area contributed by atoms with E-state index < -0.39 is 0 Å². The van der Waals surface area contributed by atoms with Gasteiger partial charge in [-0.25, -0.2) is 0 Å². The first-order chi connectivity index (χ1) is 8.22. The molecule has 0 atom stereocenters. The smallest absolute Gasteiger partial charge is 0.233 e. The monoisotopic (exact) mass is 242 g/mol. The lowest BCUT2D eigenvalue weighted by molar-refractivity contribution is -0.120. The molecule has 0 saturated carbocycles. The number of hydrogen-bond donors (Lipinski definition) is 2. The van der Waals surface area contributed by atoms with Gasteiger partial charge in [0.1, 0.15) is 0 Å². The van der Waals surface area contributed by atoms with Crippen LogP contribution in [0.1, 0.15) is 13.3 Å². The van der Waals surface area contributed by atoms with Gasteiger partial charge in [0.15, 0.2) is 0 Å². The molecule has 1 heterocycles. The van der Waals surface area contributed by atoms with E-state index in [0.717, 1.165) is 52.2 Å². The molecule has 0 aromatic rings. The normalized spacial score (nSPS) is 18.2. The number of carbonyl (C=O) groups excluding carboxylic acids is 1. The van der Waals surface area contributed by atoms with Gasteiger partial charge in [-0.05, 0) is 26.6 Å². The van der Waals surface area contributed by atoms with E-state index in [9.17, 15) is 4.79 Å². The number of nitrogens with one attached hydrogen (secondary N) is 2. The summed E-state index contributed by atoms with van der Waals surface area (Å²) in [6.45, 7) is 9.79. The van der Waals surface area contributed by atoms with Crippen molar-refractivity contribution in [2.45, 2.75) is 13.3 Å². The van der Waals surface area contributed by atoms with Crippen LogP contribution < -0.4 is 10.6 Å². The first kappa shape index (κ1) is 14.4. The molecule has 0 radical (unpaired) electrons. The molecular formula is C12H26N4O. The summed E-state index contributed by atoms with van der Waals surface area (Å²) in [7, 11) is 2.16. The Balaban J connectivity index is 1.95. The van der Waals surface area contributed by atoms with E-state index in [4.69, 9.17) is 0 Å². The van der Waals surface area contributed by atoms with Crippen molar-refractivity contribution in [3.63, 3.8) is 0 Å². The van der Waals surface area contributed by atoms with Crippen molar-refractivity contribution in [3.8, 4) is 0 Å². The molecule has 100 valence electrons. The number of carbonyl (C=O) groups is 1. The predicted octanol–water partition coefficient (Wildman–Crippen LogP) is -0.650. The second-order valence-corrected chi connectivity index (χ2v) is 4.63. The van der Waals surface area contributed by atoms with Crippen LogP contribution in [0.3, 0.4) is 0 Å². The Kier molecular flexibility index (Phi) is 7.16. The summed E-state index contributed by atoms with van der Waals surface area (Å²) in [6, 6.07) is 0. The highest BCUT2D eigenvalue weighted by Crippen LogP contribution is 1.99. The van der Waals surface area contributed by atoms with Gasteiger partial charge < -0.3 is 20.4 Å². The Morgan fingerprint density at radius 1 is 1.24 bits per heavy atom. The SMILES string of the molecule is CCNCC(=O)NCCCN1CCN(C)CC1. The van der Waals surface area contributed by atoms with Gasteiger partial charge in [-0.3, -0.25) is 4.79 Å². The van der Waals surface area contributed by atoms with Gasteiger partial charge in [-0.15, -0.1) is 0 Å². The fourth-order valence-corrected chi connectivity index (χ4v) is 1.90. The van der Waals surface area contributed by atoms with Crippen LogP contribution in [-0.2, 0) is 4.79 Å². The number of hydrogen-bond acceptors (Lipinski definition) is 4. The van der Waals surface area contributed by atoms with Gasteiger partial charge in [-0.2, -0.15) is 0 Å². The van der Waals surface area contributed by atoms with Gasteiger partial charge >= 0.3 is 0 Å². The third kappa shape index (κ3) is 6.61. The first-order valence-electron chi connectivity index (χ1n) is 6.60. The zero-order chi connectivity index (χ0) is 12.5. The maximum absolute atomic E-state index is 11.3. The Morgan fingerprint density at radius 2 is 1.94 bits per heavy atom. The van der Waals surface area contributed by atoms with Crippen molar-refractivity contribution >= 4 is 5.91 Å². The van der Waals surface area contributed by atoms with E-state index in [0.29, 0.717) is 6.54 Å². The molecule has 5 nitrogen and oxygen atoms in total. The molecule has 1 rings (SSSR count). The van der Waals surface area contributed by atoms with Crippen LogP contribution in [0.5, 0.6) is 0 Å². The molecule has 2 N–H and O–H groups in total. The summed E-state index contributed by atoms with van der Waals surface area (Å²) in [5.74, 6) is 0.102. The number of piperazine rings is 1. The van der Waals surface area contributed by atoms with Gasteiger partial charge in [-0.1, -0.05) is 6.92 Å². The second-order valence-electron chi connectivity index (χ2n) is 4.63. The Bertz CT molecular complexity index is 215. The van der Waals surface area contributed by atoms with E-state index in [-0.39, 0.29) is 5.91 Å². The average molecular weight is 242 g/mol. The summed E-state index contributed by atoms with van der Waals surface area (Å²) < 4.78 is 0. The Morgan fingerprint density at radius 3 is 2.59 bits per heavy atom. The molecule has 0 bridgehead atoms. The zero-order valence-electron chi connectivity index (χ0n) is 11.2. The molecule has 17 heavy (non-hydrogen) atoms. The highest BCUT2D eigenvalue weighted by atomic mass is 16.1. The van der Waals surface area contributed by atoms with Gasteiger partial charge in [0.25, 0.3) is 0 Å². The minimum Gasteiger partial charge on any atom is -0.355 e. The van der Waals surface area contributed by atoms with Crippen molar-refractivity contribution in [1.29, 1.82) is 0 Å². The minimum absolute atomic E-state index is 0.102. The maximum Gasteiger partial charge on any atom is 0.233 e. The molecule has 1 aliphatic rings. The van der Waals surface area contributed by atoms with E-state index in [2.05, 4.69) is 27.5 Å². The van der Waals surface area contributed by atoms with Crippen LogP contribution in [0.15, 0.2) is 0 Å². The number of amides is 1. The average Bonchev–Trinajstić information content (AvgIpc) is 2.34. The van der Waals surface area contributed by atoms with Crippen LogP contribution in [-0.4, -0.2) is 75.1 Å². The molecule has 1 saturated heterocycles. The lowest BCUT2D eigenvalue weighted by Gasteiger charge is -2.32. The summed E-state index contributed by atoms with van der Waals surface area (Å²) in [6.07, 6.45) is 1.04. The molecule has 0 spiro atoms. The fourth-order valence-electron chi connectivity index (χ4n) is 1.90. The predicted molar refractivity (Wildman–Crippen MR) is 70.1 cm³/mol. The van der Waals surface area contributed by atoms with Crippen molar-refractivity contribution in [3.05, 3.63) is 0 Å². The van der Waals surface area contributed by atoms with Crippen LogP contribution in [0, 0.1) is 0 Å². The quantitative estimate of drug-likeness (QED) is 0.583. The third-order valence-electron chi connectivity index (χ3n) is 3.10. The van der Waals surface area contributed by atoms with Crippen LogP contribution >= 0.6 is 0 Å². The number of likely N-dealkylation sites (N-methyl/N-ethyl adjacent to an activating group) is 2. The summed E-state index contributed by atoms with van der Waals surface area (Å²) in [5.41, 5.74) is 0. The van der Waals surface area contributed by atoms with Crippen molar-refractivity contribution in [2.75, 3.05) is 59.4 Å². The topological polar surface area (TPSA) is 47.6 Å². The van der Waals surface area contributed by atoms with E-state index >= 15 is 0 Å². The summed E-state index contributed by atoms with van der Waals surface area (Å²) >= 11 is 0. The van der Waals surface area contributed by atoms with E-state index in [1.807, 2.05) is 6.92 Å². The standard InChI is InChI=1S/C12H26N4O/c1-3-13-11-12(17)14-5-4-6-16-9-7-15(2)8-10-16/h13H,3-11H2,1-2H3,(H,14,17). The highest BCUT2D eigenvalue weighted by Gasteiger charge is 2.12. The van der Waals surface area contributed by atoms with E-state index in [1.54, 1.807) is 0 Å². The molecule has 1 amide bonds. The molecule has 0 aliphatic carbocycles. The summed E-state index contributed by atoms with van der Waals surface area (Å²) in [4.78, 5) is 16.1. The molecular weight excluding hydrogens is 216 g/mol. The fraction of sp³-hybridized carbons (Fsp3) is 0.917. The second kappa shape index (κ2) is 8.44. The lowest BCUT2D eigenvalue weighted by Crippen LogP contribution is -2.45. The van der Waals surface area contributed by atoms with Crippen molar-refractivity contribution < 1.29 is 4.79 Å². The first-order valence-corrected chi connectivity index (χ1v) is 6.60. The highest BCUT2D eigenvalue weighted by molar-refractivity contribution is 5.77. The third-order valence-corrected chi connectivity index (χ3v) is 3.10. The lowest BCUT2D eigenvalue weighted by atomic mass is 10.3. The molecule has 0 aromatic carbocycles.